The zero-order valence-electron chi connectivity index (χ0n) is 26.8. The van der Waals surface area contributed by atoms with Gasteiger partial charge in [0.25, 0.3) is 10.0 Å². The number of anilines is 1. The fourth-order valence-electron chi connectivity index (χ4n) is 6.00. The molecule has 0 aliphatic carbocycles. The average Bonchev–Trinajstić information content (AvgIpc) is 3.39. The van der Waals surface area contributed by atoms with Gasteiger partial charge in [0, 0.05) is 17.3 Å². The monoisotopic (exact) mass is 606 g/mol. The molecule has 1 N–H and O–H groups in total. The summed E-state index contributed by atoms with van der Waals surface area (Å²) in [4.78, 5) is 0.267. The van der Waals surface area contributed by atoms with Gasteiger partial charge in [-0.3, -0.25) is 0 Å². The lowest BCUT2D eigenvalue weighted by atomic mass is 9.94. The van der Waals surface area contributed by atoms with Crippen molar-refractivity contribution in [1.29, 1.82) is 0 Å². The smallest absolute Gasteiger partial charge is 0.268 e. The zero-order valence-corrected chi connectivity index (χ0v) is 27.6. The summed E-state index contributed by atoms with van der Waals surface area (Å²) in [5.74, 6) is 1.18. The van der Waals surface area contributed by atoms with Crippen LogP contribution in [0.25, 0.3) is 10.9 Å². The van der Waals surface area contributed by atoms with Gasteiger partial charge < -0.3 is 5.32 Å². The van der Waals surface area contributed by atoms with Crippen molar-refractivity contribution in [3.05, 3.63) is 131 Å². The molecule has 0 radical (unpaired) electrons. The first-order valence-electron chi connectivity index (χ1n) is 16.0. The molecule has 0 atom stereocenters. The molecule has 0 aliphatic heterocycles. The normalized spacial score (nSPS) is 12.1. The van der Waals surface area contributed by atoms with Gasteiger partial charge in [0.1, 0.15) is 0 Å². The Morgan fingerprint density at radius 1 is 0.727 bits per heavy atom. The van der Waals surface area contributed by atoms with E-state index in [1.165, 1.54) is 15.1 Å². The van der Waals surface area contributed by atoms with E-state index in [2.05, 4.69) is 88.5 Å². The molecule has 0 saturated carbocycles. The first-order chi connectivity index (χ1) is 21.2. The van der Waals surface area contributed by atoms with E-state index >= 15 is 0 Å². The van der Waals surface area contributed by atoms with E-state index in [9.17, 15) is 8.42 Å². The molecular formula is C39H46N2O2S. The van der Waals surface area contributed by atoms with Gasteiger partial charge in [-0.2, -0.15) is 0 Å². The summed E-state index contributed by atoms with van der Waals surface area (Å²) in [5, 5.41) is 4.69. The lowest BCUT2D eigenvalue weighted by molar-refractivity contribution is 0.589. The minimum Gasteiger partial charge on any atom is -0.374 e. The first kappa shape index (κ1) is 31.6. The molecule has 1 heterocycles. The van der Waals surface area contributed by atoms with Crippen molar-refractivity contribution in [3.8, 4) is 0 Å². The van der Waals surface area contributed by atoms with Gasteiger partial charge in [0.2, 0.25) is 0 Å². The summed E-state index contributed by atoms with van der Waals surface area (Å²) in [6.45, 7) is 11.1. The topological polar surface area (TPSA) is 51.1 Å². The number of fused-ring (bicyclic) bond motifs is 1. The second-order valence-corrected chi connectivity index (χ2v) is 14.7. The van der Waals surface area contributed by atoms with Crippen LogP contribution in [0.1, 0.15) is 81.3 Å². The fourth-order valence-corrected chi connectivity index (χ4v) is 7.44. The second kappa shape index (κ2) is 13.9. The minimum atomic E-state index is -3.82. The highest BCUT2D eigenvalue weighted by molar-refractivity contribution is 7.90. The predicted octanol–water partition coefficient (Wildman–Crippen LogP) is 9.82. The van der Waals surface area contributed by atoms with E-state index < -0.39 is 10.0 Å². The molecule has 5 aromatic rings. The highest BCUT2D eigenvalue weighted by Crippen LogP contribution is 2.31. The summed E-state index contributed by atoms with van der Waals surface area (Å²) >= 11 is 0. The molecule has 0 amide bonds. The summed E-state index contributed by atoms with van der Waals surface area (Å²) in [7, 11) is -3.82. The molecule has 230 valence electrons. The third kappa shape index (κ3) is 7.27. The largest absolute Gasteiger partial charge is 0.374 e. The number of benzene rings is 4. The molecule has 0 spiro atoms. The van der Waals surface area contributed by atoms with Crippen LogP contribution in [-0.2, 0) is 29.3 Å². The third-order valence-corrected chi connectivity index (χ3v) is 9.85. The van der Waals surface area contributed by atoms with Gasteiger partial charge in [0.15, 0.2) is 0 Å². The Hall–Kier alpha value is -3.83. The van der Waals surface area contributed by atoms with Crippen molar-refractivity contribution >= 4 is 26.6 Å². The molecule has 0 saturated heterocycles. The Bertz CT molecular complexity index is 1730. The van der Waals surface area contributed by atoms with Crippen molar-refractivity contribution in [2.75, 3.05) is 5.32 Å². The van der Waals surface area contributed by atoms with E-state index in [-0.39, 0.29) is 10.9 Å². The second-order valence-electron chi connectivity index (χ2n) is 12.9. The number of aryl methyl sites for hydroxylation is 1. The lowest BCUT2D eigenvalue weighted by Gasteiger charge is -2.22. The molecule has 0 fully saturated rings. The van der Waals surface area contributed by atoms with E-state index in [4.69, 9.17) is 0 Å². The maximum atomic E-state index is 14.1. The van der Waals surface area contributed by atoms with Gasteiger partial charge in [0.05, 0.1) is 16.5 Å². The van der Waals surface area contributed by atoms with Crippen LogP contribution in [0.4, 0.5) is 5.69 Å². The van der Waals surface area contributed by atoms with Crippen LogP contribution >= 0.6 is 0 Å². The van der Waals surface area contributed by atoms with Crippen molar-refractivity contribution < 1.29 is 8.42 Å². The van der Waals surface area contributed by atoms with E-state index in [1.54, 1.807) is 12.1 Å². The van der Waals surface area contributed by atoms with Crippen LogP contribution in [0.5, 0.6) is 0 Å². The Morgan fingerprint density at radius 3 is 1.89 bits per heavy atom. The highest BCUT2D eigenvalue weighted by atomic mass is 32.2. The Labute approximate surface area is 264 Å². The molecule has 0 bridgehead atoms. The van der Waals surface area contributed by atoms with Crippen LogP contribution < -0.4 is 5.32 Å². The number of unbranched alkanes of at least 4 members (excludes halogenated alkanes) is 1. The van der Waals surface area contributed by atoms with Gasteiger partial charge >= 0.3 is 0 Å². The number of hydrogen-bond acceptors (Lipinski definition) is 3. The van der Waals surface area contributed by atoms with Gasteiger partial charge in [-0.15, -0.1) is 0 Å². The highest BCUT2D eigenvalue weighted by Gasteiger charge is 2.22. The maximum Gasteiger partial charge on any atom is 0.268 e. The molecule has 0 aliphatic rings. The van der Waals surface area contributed by atoms with Crippen molar-refractivity contribution in [2.45, 2.75) is 77.7 Å². The number of rotatable bonds is 13. The van der Waals surface area contributed by atoms with E-state index in [0.29, 0.717) is 11.8 Å². The molecule has 5 heteroatoms. The van der Waals surface area contributed by atoms with Gasteiger partial charge in [-0.05, 0) is 89.6 Å². The lowest BCUT2D eigenvalue weighted by Crippen LogP contribution is -2.15. The zero-order chi connectivity index (χ0) is 31.3. The predicted molar refractivity (Wildman–Crippen MR) is 185 cm³/mol. The number of nitrogens with one attached hydrogen (secondary N) is 1. The average molecular weight is 607 g/mol. The molecule has 5 rings (SSSR count). The quantitative estimate of drug-likeness (QED) is 0.145. The molecule has 44 heavy (non-hydrogen) atoms. The van der Waals surface area contributed by atoms with Gasteiger partial charge in [-0.25, -0.2) is 12.4 Å². The number of hydrogen-bond donors (Lipinski definition) is 1. The Kier molecular flexibility index (Phi) is 9.95. The first-order valence-corrected chi connectivity index (χ1v) is 17.5. The van der Waals surface area contributed by atoms with Crippen molar-refractivity contribution in [2.24, 2.45) is 11.8 Å². The van der Waals surface area contributed by atoms with E-state index in [0.717, 1.165) is 65.4 Å². The molecule has 1 aromatic heterocycles. The van der Waals surface area contributed by atoms with Crippen LogP contribution in [0.3, 0.4) is 0 Å². The van der Waals surface area contributed by atoms with Crippen LogP contribution in [0.15, 0.2) is 108 Å². The van der Waals surface area contributed by atoms with E-state index in [1.807, 2.05) is 42.6 Å². The number of nitrogens with zero attached hydrogens (tertiary/aromatic N) is 1. The number of aromatic nitrogens is 1. The standard InChI is InChI=1S/C39H46N2O2S/c1-6-7-11-34-27-41(38-15-9-8-14-37(34)38)44(42,43)36-13-10-12-35(26-36)40-39(32-20-16-30(17-21-32)24-28(2)3)33-22-18-31(19-23-33)25-29(4)5/h8-10,12-23,26-29,39-40H,6-7,11,24-25H2,1-5H3. The summed E-state index contributed by atoms with van der Waals surface area (Å²) in [5.41, 5.74) is 7.47. The molecule has 4 aromatic carbocycles. The fraction of sp³-hybridized carbons (Fsp3) is 0.333. The maximum absolute atomic E-state index is 14.1. The SMILES string of the molecule is CCCCc1cn(S(=O)(=O)c2cccc(NC(c3ccc(CC(C)C)cc3)c3ccc(CC(C)C)cc3)c2)c2ccccc12. The van der Waals surface area contributed by atoms with Crippen LogP contribution in [0, 0.1) is 11.8 Å². The van der Waals surface area contributed by atoms with Crippen LogP contribution in [-0.4, -0.2) is 12.4 Å². The molecule has 4 nitrogen and oxygen atoms in total. The van der Waals surface area contributed by atoms with Crippen molar-refractivity contribution in [3.63, 3.8) is 0 Å². The van der Waals surface area contributed by atoms with Crippen molar-refractivity contribution in [1.82, 2.24) is 3.97 Å². The molecule has 0 unspecified atom stereocenters. The van der Waals surface area contributed by atoms with Crippen LogP contribution in [0.2, 0.25) is 0 Å². The Balaban J connectivity index is 1.50. The summed E-state index contributed by atoms with van der Waals surface area (Å²) in [6.07, 6.45) is 6.82. The molecular weight excluding hydrogens is 561 g/mol. The summed E-state index contributed by atoms with van der Waals surface area (Å²) in [6, 6.07) is 32.5. The third-order valence-electron chi connectivity index (χ3n) is 8.18. The Morgan fingerprint density at radius 2 is 1.32 bits per heavy atom. The minimum absolute atomic E-state index is 0.137. The summed E-state index contributed by atoms with van der Waals surface area (Å²) < 4.78 is 29.7. The van der Waals surface area contributed by atoms with Gasteiger partial charge in [-0.1, -0.05) is 114 Å². The number of para-hydroxylation sites is 1.